The predicted molar refractivity (Wildman–Crippen MR) is 53.1 cm³/mol. The summed E-state index contributed by atoms with van der Waals surface area (Å²) in [5.74, 6) is 9.48. The van der Waals surface area contributed by atoms with Gasteiger partial charge in [-0.2, -0.15) is 0 Å². The maximum atomic E-state index is 4.83. The number of hydrazine groups is 2. The molecule has 0 bridgehead atoms. The van der Waals surface area contributed by atoms with Crippen molar-refractivity contribution in [2.75, 3.05) is 7.05 Å². The summed E-state index contributed by atoms with van der Waals surface area (Å²) in [4.78, 5) is 0. The van der Waals surface area contributed by atoms with E-state index in [-0.39, 0.29) is 5.11 Å². The van der Waals surface area contributed by atoms with Crippen molar-refractivity contribution >= 4 is 34.7 Å². The van der Waals surface area contributed by atoms with Crippen LogP contribution in [0, 0.1) is 0 Å². The van der Waals surface area contributed by atoms with Crippen molar-refractivity contribution in [3.63, 3.8) is 0 Å². The van der Waals surface area contributed by atoms with E-state index in [4.69, 9.17) is 11.6 Å². The lowest BCUT2D eigenvalue weighted by molar-refractivity contribution is 0.976. The van der Waals surface area contributed by atoms with Crippen LogP contribution >= 0.6 is 24.4 Å². The van der Waals surface area contributed by atoms with Gasteiger partial charge in [-0.25, -0.2) is 11.7 Å². The molecule has 0 fully saturated rings. The molecule has 0 aliphatic heterocycles. The first-order valence-corrected chi connectivity index (χ1v) is 3.34. The number of hydrogen-bond donors (Lipinski definition) is 6. The lowest BCUT2D eigenvalue weighted by Gasteiger charge is -1.95. The molecule has 0 atom stereocenters. The Morgan fingerprint density at radius 3 is 1.55 bits per heavy atom. The van der Waals surface area contributed by atoms with Gasteiger partial charge < -0.3 is 21.9 Å². The Balaban J connectivity index is 0. The van der Waals surface area contributed by atoms with Gasteiger partial charge in [-0.05, 0) is 24.4 Å². The largest absolute Gasteiger partial charge is 0.375 e. The van der Waals surface area contributed by atoms with Crippen LogP contribution in [0.4, 0.5) is 0 Å². The molecule has 0 unspecified atom stereocenters. The molecular weight excluding hydrogens is 184 g/mol. The van der Waals surface area contributed by atoms with Crippen molar-refractivity contribution < 1.29 is 0 Å². The van der Waals surface area contributed by atoms with E-state index in [0.717, 1.165) is 0 Å². The fourth-order valence-electron chi connectivity index (χ4n) is 0.0722. The van der Waals surface area contributed by atoms with Gasteiger partial charge in [0.25, 0.3) is 0 Å². The smallest absolute Gasteiger partial charge is 0.180 e. The fraction of sp³-hybridized carbons (Fsp3) is 0.333. The Bertz CT molecular complexity index is 119. The van der Waals surface area contributed by atoms with E-state index in [9.17, 15) is 0 Å². The van der Waals surface area contributed by atoms with E-state index in [1.54, 1.807) is 7.05 Å². The van der Waals surface area contributed by atoms with Crippen molar-refractivity contribution in [1.82, 2.24) is 16.2 Å². The third-order valence-electron chi connectivity index (χ3n) is 0.500. The lowest BCUT2D eigenvalue weighted by atomic mass is 11.1. The van der Waals surface area contributed by atoms with Gasteiger partial charge in [-0.3, -0.25) is 0 Å². The van der Waals surface area contributed by atoms with E-state index >= 15 is 0 Å². The zero-order valence-corrected chi connectivity index (χ0v) is 7.68. The van der Waals surface area contributed by atoms with Crippen molar-refractivity contribution in [1.29, 1.82) is 0 Å². The molecular formula is C3H12N6S2. The summed E-state index contributed by atoms with van der Waals surface area (Å²) in [7, 11) is 1.70. The van der Waals surface area contributed by atoms with Crippen LogP contribution in [-0.4, -0.2) is 17.3 Å². The van der Waals surface area contributed by atoms with Crippen LogP contribution in [0.5, 0.6) is 0 Å². The third kappa shape index (κ3) is 17.6. The van der Waals surface area contributed by atoms with Crippen LogP contribution in [0.1, 0.15) is 0 Å². The minimum Gasteiger partial charge on any atom is -0.375 e. The molecule has 0 aliphatic carbocycles. The summed E-state index contributed by atoms with van der Waals surface area (Å²) >= 11 is 8.75. The number of thiocarbonyl (C=S) groups is 2. The molecule has 0 aliphatic rings. The summed E-state index contributed by atoms with van der Waals surface area (Å²) in [6.45, 7) is 0. The van der Waals surface area contributed by atoms with Gasteiger partial charge in [0, 0.05) is 7.05 Å². The average Bonchev–Trinajstić information content (AvgIpc) is 2.04. The highest BCUT2D eigenvalue weighted by molar-refractivity contribution is 7.80. The second-order valence-electron chi connectivity index (χ2n) is 1.23. The highest BCUT2D eigenvalue weighted by atomic mass is 32.1. The van der Waals surface area contributed by atoms with Crippen molar-refractivity contribution in [3.8, 4) is 0 Å². The first kappa shape index (κ1) is 12.9. The molecule has 0 amide bonds. The summed E-state index contributed by atoms with van der Waals surface area (Å²) in [6.07, 6.45) is 0. The van der Waals surface area contributed by atoms with E-state index in [2.05, 4.69) is 41.0 Å². The number of hydrogen-bond acceptors (Lipinski definition) is 4. The molecule has 11 heavy (non-hydrogen) atoms. The number of rotatable bonds is 0. The minimum absolute atomic E-state index is 0.116. The normalized spacial score (nSPS) is 6.82. The molecule has 0 saturated heterocycles. The highest BCUT2D eigenvalue weighted by Gasteiger charge is 1.75. The van der Waals surface area contributed by atoms with Gasteiger partial charge in [-0.15, -0.1) is 0 Å². The summed E-state index contributed by atoms with van der Waals surface area (Å²) in [6, 6.07) is 0. The Morgan fingerprint density at radius 2 is 1.55 bits per heavy atom. The molecule has 66 valence electrons. The second-order valence-corrected chi connectivity index (χ2v) is 2.08. The minimum atomic E-state index is 0.116. The lowest BCUT2D eigenvalue weighted by Crippen LogP contribution is -2.37. The Kier molecular flexibility index (Phi) is 10.9. The Hall–Kier alpha value is -0.700. The van der Waals surface area contributed by atoms with E-state index in [1.165, 1.54) is 0 Å². The van der Waals surface area contributed by atoms with Crippen LogP contribution in [0.25, 0.3) is 0 Å². The standard InChI is InChI=1S/C2H7N3S.CH5N3S/c1-4-2(6)5-3;2-1(5)4-3/h3H2,1H3,(H2,4,5,6);3H2,(H3,2,4,5). The molecule has 0 spiro atoms. The fourth-order valence-corrected chi connectivity index (χ4v) is 0.0722. The van der Waals surface area contributed by atoms with Crippen molar-refractivity contribution in [2.24, 2.45) is 17.4 Å². The van der Waals surface area contributed by atoms with Gasteiger partial charge >= 0.3 is 0 Å². The zero-order chi connectivity index (χ0) is 9.28. The molecule has 0 rings (SSSR count). The van der Waals surface area contributed by atoms with E-state index in [0.29, 0.717) is 5.11 Å². The number of nitrogens with one attached hydrogen (secondary N) is 3. The van der Waals surface area contributed by atoms with Crippen LogP contribution in [0.3, 0.4) is 0 Å². The molecule has 9 N–H and O–H groups in total. The van der Waals surface area contributed by atoms with Gasteiger partial charge in [0.15, 0.2) is 10.2 Å². The van der Waals surface area contributed by atoms with E-state index < -0.39 is 0 Å². The molecule has 0 aromatic heterocycles. The molecule has 8 heteroatoms. The van der Waals surface area contributed by atoms with Crippen LogP contribution in [-0.2, 0) is 0 Å². The third-order valence-corrected chi connectivity index (χ3v) is 0.940. The maximum Gasteiger partial charge on any atom is 0.180 e. The topological polar surface area (TPSA) is 114 Å². The molecule has 6 nitrogen and oxygen atoms in total. The summed E-state index contributed by atoms with van der Waals surface area (Å²) in [5, 5.41) is 3.18. The molecule has 0 heterocycles. The monoisotopic (exact) mass is 196 g/mol. The van der Waals surface area contributed by atoms with Crippen molar-refractivity contribution in [3.05, 3.63) is 0 Å². The van der Waals surface area contributed by atoms with Crippen LogP contribution < -0.4 is 33.6 Å². The summed E-state index contributed by atoms with van der Waals surface area (Å²) in [5.41, 5.74) is 9.06. The summed E-state index contributed by atoms with van der Waals surface area (Å²) < 4.78 is 0. The van der Waals surface area contributed by atoms with Crippen LogP contribution in [0.2, 0.25) is 0 Å². The Labute approximate surface area is 75.8 Å². The second kappa shape index (κ2) is 9.30. The average molecular weight is 196 g/mol. The van der Waals surface area contributed by atoms with Gasteiger partial charge in [0.2, 0.25) is 0 Å². The first-order valence-electron chi connectivity index (χ1n) is 2.52. The maximum absolute atomic E-state index is 4.83. The highest BCUT2D eigenvalue weighted by Crippen LogP contribution is 1.49. The molecule has 0 aromatic rings. The van der Waals surface area contributed by atoms with E-state index in [1.807, 2.05) is 5.43 Å². The van der Waals surface area contributed by atoms with Crippen molar-refractivity contribution in [2.45, 2.75) is 0 Å². The Morgan fingerprint density at radius 1 is 1.18 bits per heavy atom. The molecule has 0 radical (unpaired) electrons. The molecule has 0 saturated carbocycles. The van der Waals surface area contributed by atoms with Gasteiger partial charge in [-0.1, -0.05) is 0 Å². The molecule has 0 aromatic carbocycles. The number of nitrogens with two attached hydrogens (primary N) is 3. The predicted octanol–water partition coefficient (Wildman–Crippen LogP) is -2.35. The van der Waals surface area contributed by atoms with Gasteiger partial charge in [0.1, 0.15) is 0 Å². The van der Waals surface area contributed by atoms with Crippen LogP contribution in [0.15, 0.2) is 0 Å². The zero-order valence-electron chi connectivity index (χ0n) is 6.05. The quantitative estimate of drug-likeness (QED) is 0.145. The van der Waals surface area contributed by atoms with Gasteiger partial charge in [0.05, 0.1) is 0 Å². The SMILES string of the molecule is CNC(=S)NN.NNC(N)=S. The first-order chi connectivity index (χ1) is 5.08.